The monoisotopic (exact) mass is 267 g/mol. The highest BCUT2D eigenvalue weighted by Gasteiger charge is 2.30. The van der Waals surface area contributed by atoms with Crippen LogP contribution in [0.4, 0.5) is 0 Å². The van der Waals surface area contributed by atoms with Crippen molar-refractivity contribution in [3.05, 3.63) is 24.3 Å². The minimum absolute atomic E-state index is 0.211. The number of para-hydroxylation sites is 2. The Morgan fingerprint density at radius 2 is 2.00 bits per heavy atom. The topological polar surface area (TPSA) is 81.8 Å². The van der Waals surface area contributed by atoms with E-state index in [1.54, 1.807) is 13.0 Å². The Hall–Kier alpha value is -1.75. The lowest BCUT2D eigenvalue weighted by Crippen LogP contribution is -2.47. The van der Waals surface area contributed by atoms with Gasteiger partial charge in [-0.15, -0.1) is 0 Å². The molecule has 1 aromatic carbocycles. The van der Waals surface area contributed by atoms with Gasteiger partial charge in [0.05, 0.1) is 12.7 Å². The van der Waals surface area contributed by atoms with Crippen molar-refractivity contribution in [1.29, 1.82) is 0 Å². The molecule has 0 saturated heterocycles. The van der Waals surface area contributed by atoms with Crippen molar-refractivity contribution in [2.24, 2.45) is 5.73 Å². The third-order valence-electron chi connectivity index (χ3n) is 2.68. The second-order valence-electron chi connectivity index (χ2n) is 4.73. The lowest BCUT2D eigenvalue weighted by molar-refractivity contribution is -0.143. The first-order chi connectivity index (χ1) is 8.86. The Morgan fingerprint density at radius 1 is 1.42 bits per heavy atom. The fourth-order valence-corrected chi connectivity index (χ4v) is 1.77. The average Bonchev–Trinajstić information content (AvgIpc) is 2.31. The van der Waals surface area contributed by atoms with E-state index in [0.29, 0.717) is 18.1 Å². The van der Waals surface area contributed by atoms with E-state index in [1.807, 2.05) is 25.1 Å². The molecule has 0 aliphatic carbocycles. The van der Waals surface area contributed by atoms with Gasteiger partial charge in [-0.2, -0.15) is 0 Å². The quantitative estimate of drug-likeness (QED) is 0.790. The summed E-state index contributed by atoms with van der Waals surface area (Å²) in [5, 5.41) is 8.99. The second-order valence-corrected chi connectivity index (χ2v) is 4.73. The van der Waals surface area contributed by atoms with E-state index in [4.69, 9.17) is 20.3 Å². The number of carboxylic acids is 1. The number of benzene rings is 1. The van der Waals surface area contributed by atoms with Gasteiger partial charge in [0, 0.05) is 6.42 Å². The van der Waals surface area contributed by atoms with Crippen LogP contribution in [0.5, 0.6) is 11.5 Å². The molecule has 1 aromatic rings. The van der Waals surface area contributed by atoms with Crippen molar-refractivity contribution >= 4 is 5.97 Å². The lowest BCUT2D eigenvalue weighted by atomic mass is 9.96. The summed E-state index contributed by atoms with van der Waals surface area (Å²) in [6.45, 7) is 5.69. The van der Waals surface area contributed by atoms with Crippen LogP contribution in [-0.2, 0) is 4.79 Å². The Bertz CT molecular complexity index is 431. The van der Waals surface area contributed by atoms with Gasteiger partial charge in [0.15, 0.2) is 11.5 Å². The number of nitrogens with two attached hydrogens (primary N) is 1. The summed E-state index contributed by atoms with van der Waals surface area (Å²) < 4.78 is 11.2. The summed E-state index contributed by atoms with van der Waals surface area (Å²) in [5.74, 6) is 0.199. The maximum absolute atomic E-state index is 11.0. The first kappa shape index (κ1) is 15.3. The molecule has 5 heteroatoms. The van der Waals surface area contributed by atoms with Crippen LogP contribution < -0.4 is 15.2 Å². The molecule has 106 valence electrons. The molecule has 3 N–H and O–H groups in total. The van der Waals surface area contributed by atoms with Gasteiger partial charge in [-0.05, 0) is 32.9 Å². The van der Waals surface area contributed by atoms with Gasteiger partial charge in [0.1, 0.15) is 5.54 Å². The molecule has 2 unspecified atom stereocenters. The van der Waals surface area contributed by atoms with Crippen molar-refractivity contribution in [2.75, 3.05) is 6.61 Å². The zero-order valence-electron chi connectivity index (χ0n) is 11.6. The molecule has 0 heterocycles. The van der Waals surface area contributed by atoms with Crippen LogP contribution in [0.3, 0.4) is 0 Å². The highest BCUT2D eigenvalue weighted by Crippen LogP contribution is 2.28. The SMILES string of the molecule is CCOc1ccccc1OC(C)CC(C)(N)C(=O)O. The lowest BCUT2D eigenvalue weighted by Gasteiger charge is -2.24. The van der Waals surface area contributed by atoms with Gasteiger partial charge in [0.25, 0.3) is 0 Å². The predicted octanol–water partition coefficient (Wildman–Crippen LogP) is 2.04. The third kappa shape index (κ3) is 4.44. The maximum Gasteiger partial charge on any atom is 0.323 e. The number of hydrogen-bond acceptors (Lipinski definition) is 4. The zero-order valence-corrected chi connectivity index (χ0v) is 11.6. The number of carbonyl (C=O) groups is 1. The van der Waals surface area contributed by atoms with Crippen LogP contribution in [0.2, 0.25) is 0 Å². The molecule has 0 radical (unpaired) electrons. The molecule has 0 aromatic heterocycles. The van der Waals surface area contributed by atoms with Crippen molar-refractivity contribution in [3.63, 3.8) is 0 Å². The van der Waals surface area contributed by atoms with Gasteiger partial charge in [-0.3, -0.25) is 4.79 Å². The van der Waals surface area contributed by atoms with Gasteiger partial charge < -0.3 is 20.3 Å². The van der Waals surface area contributed by atoms with E-state index in [1.165, 1.54) is 6.92 Å². The fraction of sp³-hybridized carbons (Fsp3) is 0.500. The van der Waals surface area contributed by atoms with Gasteiger partial charge in [0.2, 0.25) is 0 Å². The summed E-state index contributed by atoms with van der Waals surface area (Å²) in [6.07, 6.45) is -0.115. The summed E-state index contributed by atoms with van der Waals surface area (Å²) in [5.41, 5.74) is 4.39. The first-order valence-corrected chi connectivity index (χ1v) is 6.27. The van der Waals surface area contributed by atoms with Crippen molar-refractivity contribution in [2.45, 2.75) is 38.8 Å². The molecule has 19 heavy (non-hydrogen) atoms. The molecule has 0 bridgehead atoms. The third-order valence-corrected chi connectivity index (χ3v) is 2.68. The molecular formula is C14H21NO4. The highest BCUT2D eigenvalue weighted by molar-refractivity contribution is 5.77. The Kier molecular flexibility index (Phi) is 5.18. The predicted molar refractivity (Wildman–Crippen MR) is 72.5 cm³/mol. The summed E-state index contributed by atoms with van der Waals surface area (Å²) in [7, 11) is 0. The number of carboxylic acid groups (broad SMARTS) is 1. The number of ether oxygens (including phenoxy) is 2. The van der Waals surface area contributed by atoms with E-state index in [2.05, 4.69) is 0 Å². The van der Waals surface area contributed by atoms with Gasteiger partial charge in [-0.25, -0.2) is 0 Å². The van der Waals surface area contributed by atoms with E-state index < -0.39 is 11.5 Å². The minimum atomic E-state index is -1.31. The summed E-state index contributed by atoms with van der Waals surface area (Å²) >= 11 is 0. The molecule has 0 amide bonds. The number of rotatable bonds is 7. The largest absolute Gasteiger partial charge is 0.490 e. The van der Waals surface area contributed by atoms with E-state index in [9.17, 15) is 4.79 Å². The van der Waals surface area contributed by atoms with E-state index in [0.717, 1.165) is 0 Å². The smallest absolute Gasteiger partial charge is 0.323 e. The van der Waals surface area contributed by atoms with Crippen molar-refractivity contribution in [1.82, 2.24) is 0 Å². The van der Waals surface area contributed by atoms with Crippen LogP contribution >= 0.6 is 0 Å². The standard InChI is InChI=1S/C14H21NO4/c1-4-18-11-7-5-6-8-12(11)19-10(2)9-14(3,15)13(16)17/h5-8,10H,4,9,15H2,1-3H3,(H,16,17). The van der Waals surface area contributed by atoms with Crippen LogP contribution in [0, 0.1) is 0 Å². The maximum atomic E-state index is 11.0. The summed E-state index contributed by atoms with van der Waals surface area (Å²) in [6, 6.07) is 7.29. The Balaban J connectivity index is 2.72. The molecule has 0 fully saturated rings. The van der Waals surface area contributed by atoms with Crippen LogP contribution in [0.15, 0.2) is 24.3 Å². The minimum Gasteiger partial charge on any atom is -0.490 e. The normalized spacial score (nSPS) is 15.4. The van der Waals surface area contributed by atoms with Crippen LogP contribution in [0.25, 0.3) is 0 Å². The number of hydrogen-bond donors (Lipinski definition) is 2. The Labute approximate surface area is 113 Å². The van der Waals surface area contributed by atoms with E-state index >= 15 is 0 Å². The molecule has 2 atom stereocenters. The molecule has 0 saturated carbocycles. The van der Waals surface area contributed by atoms with Crippen molar-refractivity contribution < 1.29 is 19.4 Å². The first-order valence-electron chi connectivity index (χ1n) is 6.27. The molecule has 0 aliphatic heterocycles. The zero-order chi connectivity index (χ0) is 14.5. The molecule has 0 aliphatic rings. The summed E-state index contributed by atoms with van der Waals surface area (Å²) in [4.78, 5) is 11.0. The molecule has 0 spiro atoms. The van der Waals surface area contributed by atoms with Crippen molar-refractivity contribution in [3.8, 4) is 11.5 Å². The fourth-order valence-electron chi connectivity index (χ4n) is 1.77. The molecule has 5 nitrogen and oxygen atoms in total. The average molecular weight is 267 g/mol. The van der Waals surface area contributed by atoms with Crippen LogP contribution in [0.1, 0.15) is 27.2 Å². The number of aliphatic carboxylic acids is 1. The van der Waals surface area contributed by atoms with E-state index in [-0.39, 0.29) is 12.5 Å². The second kappa shape index (κ2) is 6.43. The highest BCUT2D eigenvalue weighted by atomic mass is 16.5. The van der Waals surface area contributed by atoms with Gasteiger partial charge in [-0.1, -0.05) is 12.1 Å². The molecular weight excluding hydrogens is 246 g/mol. The van der Waals surface area contributed by atoms with Crippen LogP contribution in [-0.4, -0.2) is 29.3 Å². The Morgan fingerprint density at radius 3 is 2.53 bits per heavy atom. The van der Waals surface area contributed by atoms with Gasteiger partial charge >= 0.3 is 5.97 Å². The molecule has 1 rings (SSSR count).